The Bertz CT molecular complexity index is 1850. The van der Waals surface area contributed by atoms with Crippen LogP contribution in [0.3, 0.4) is 0 Å². The van der Waals surface area contributed by atoms with Gasteiger partial charge in [0.15, 0.2) is 6.29 Å². The maximum absolute atomic E-state index is 13.4. The van der Waals surface area contributed by atoms with Crippen molar-refractivity contribution in [2.45, 2.75) is 70.0 Å². The average molecular weight is 641 g/mol. The van der Waals surface area contributed by atoms with E-state index in [0.717, 1.165) is 53.2 Å². The molecule has 246 valence electrons. The van der Waals surface area contributed by atoms with Gasteiger partial charge in [0, 0.05) is 36.0 Å². The molecule has 1 saturated heterocycles. The van der Waals surface area contributed by atoms with Crippen LogP contribution in [-0.4, -0.2) is 68.2 Å². The minimum absolute atomic E-state index is 0.0542. The predicted molar refractivity (Wildman–Crippen MR) is 173 cm³/mol. The van der Waals surface area contributed by atoms with Crippen LogP contribution in [0.5, 0.6) is 17.2 Å². The number of methoxy groups -OCH3 is 1. The van der Waals surface area contributed by atoms with E-state index in [9.17, 15) is 19.5 Å². The van der Waals surface area contributed by atoms with Crippen molar-refractivity contribution in [2.24, 2.45) is 10.9 Å². The molecule has 1 saturated carbocycles. The first-order chi connectivity index (χ1) is 22.7. The van der Waals surface area contributed by atoms with Gasteiger partial charge in [-0.15, -0.1) is 0 Å². The van der Waals surface area contributed by atoms with Crippen LogP contribution in [0.4, 0.5) is 0 Å². The lowest BCUT2D eigenvalue weighted by atomic mass is 9.75. The Morgan fingerprint density at radius 1 is 1.17 bits per heavy atom. The van der Waals surface area contributed by atoms with E-state index in [1.54, 1.807) is 20.1 Å². The first-order valence-electron chi connectivity index (χ1n) is 16.5. The highest BCUT2D eigenvalue weighted by atomic mass is 16.6. The van der Waals surface area contributed by atoms with E-state index >= 15 is 0 Å². The quantitative estimate of drug-likeness (QED) is 0.346. The van der Waals surface area contributed by atoms with E-state index in [4.69, 9.17) is 18.9 Å². The highest BCUT2D eigenvalue weighted by Crippen LogP contribution is 2.54. The molecule has 0 aromatic heterocycles. The molecule has 10 nitrogen and oxygen atoms in total. The smallest absolute Gasteiger partial charge is 0.375 e. The van der Waals surface area contributed by atoms with Crippen molar-refractivity contribution < 1.29 is 38.4 Å². The third-order valence-corrected chi connectivity index (χ3v) is 10.4. The van der Waals surface area contributed by atoms with Gasteiger partial charge in [0.1, 0.15) is 34.7 Å². The monoisotopic (exact) mass is 640 g/mol. The van der Waals surface area contributed by atoms with Gasteiger partial charge in [-0.2, -0.15) is 0 Å². The number of ether oxygens (including phenoxy) is 4. The van der Waals surface area contributed by atoms with Crippen LogP contribution in [-0.2, 0) is 25.5 Å². The van der Waals surface area contributed by atoms with Crippen molar-refractivity contribution in [1.82, 2.24) is 5.32 Å². The van der Waals surface area contributed by atoms with Gasteiger partial charge in [-0.05, 0) is 81.5 Å². The van der Waals surface area contributed by atoms with Crippen LogP contribution in [0.15, 0.2) is 46.2 Å². The largest absolute Gasteiger partial charge is 0.496 e. The third-order valence-electron chi connectivity index (χ3n) is 10.4. The molecule has 5 aliphatic rings. The summed E-state index contributed by atoms with van der Waals surface area (Å²) in [5.41, 5.74) is 2.54. The fraction of sp³-hybridized carbons (Fsp3) is 0.459. The molecule has 0 bridgehead atoms. The molecule has 3 atom stereocenters. The van der Waals surface area contributed by atoms with Crippen LogP contribution in [0.25, 0.3) is 11.6 Å². The summed E-state index contributed by atoms with van der Waals surface area (Å²) in [4.78, 5) is 44.0. The van der Waals surface area contributed by atoms with Crippen molar-refractivity contribution >= 4 is 29.7 Å². The van der Waals surface area contributed by atoms with Crippen molar-refractivity contribution in [3.63, 3.8) is 0 Å². The van der Waals surface area contributed by atoms with E-state index in [-0.39, 0.29) is 36.1 Å². The Kier molecular flexibility index (Phi) is 8.26. The van der Waals surface area contributed by atoms with Crippen LogP contribution >= 0.6 is 0 Å². The van der Waals surface area contributed by atoms with Crippen molar-refractivity contribution in [1.29, 1.82) is 0 Å². The summed E-state index contributed by atoms with van der Waals surface area (Å²) in [5.74, 6) is 0.0373. The fourth-order valence-electron chi connectivity index (χ4n) is 7.89. The Morgan fingerprint density at radius 3 is 2.72 bits per heavy atom. The summed E-state index contributed by atoms with van der Waals surface area (Å²) in [6, 6.07) is 7.65. The molecule has 0 unspecified atom stereocenters. The number of Topliss-reactive ketones (excluding diaryl/α,β-unsaturated/α-hetero) is 1. The SMILES string of the molecule is CCOC(=O)C1=C(C=O)/C(=C2\CCC(=O)[C@@H](c3ccc4c(c3)=CCN=4)C2)c2c(cc3c(c2OC)C[C@@H]([C@](C)(O)C2CCNCC2)O3)O1. The van der Waals surface area contributed by atoms with Gasteiger partial charge in [0.2, 0.25) is 5.76 Å². The molecule has 7 rings (SSSR count). The lowest BCUT2D eigenvalue weighted by Crippen LogP contribution is -2.51. The van der Waals surface area contributed by atoms with Crippen LogP contribution in [0.2, 0.25) is 0 Å². The number of ketones is 1. The number of hydrogen-bond acceptors (Lipinski definition) is 10. The zero-order valence-corrected chi connectivity index (χ0v) is 27.0. The van der Waals surface area contributed by atoms with Crippen LogP contribution < -0.4 is 30.1 Å². The lowest BCUT2D eigenvalue weighted by molar-refractivity contribution is -0.141. The Labute approximate surface area is 273 Å². The van der Waals surface area contributed by atoms with Gasteiger partial charge in [0.25, 0.3) is 0 Å². The van der Waals surface area contributed by atoms with Crippen LogP contribution in [0, 0.1) is 5.92 Å². The van der Waals surface area contributed by atoms with Crippen LogP contribution in [0.1, 0.15) is 68.6 Å². The number of allylic oxidation sites excluding steroid dienone is 3. The summed E-state index contributed by atoms with van der Waals surface area (Å²) in [6.45, 7) is 5.91. The first kappa shape index (κ1) is 31.3. The zero-order valence-electron chi connectivity index (χ0n) is 27.0. The highest BCUT2D eigenvalue weighted by Gasteiger charge is 2.47. The number of nitrogens with one attached hydrogen (secondary N) is 1. The average Bonchev–Trinajstić information content (AvgIpc) is 3.74. The molecular weight excluding hydrogens is 600 g/mol. The van der Waals surface area contributed by atoms with E-state index < -0.39 is 23.6 Å². The molecule has 2 aromatic rings. The molecular formula is C37H40N2O8. The molecule has 0 amide bonds. The van der Waals surface area contributed by atoms with Crippen molar-refractivity contribution in [3.8, 4) is 17.2 Å². The topological polar surface area (TPSA) is 133 Å². The van der Waals surface area contributed by atoms with Gasteiger partial charge >= 0.3 is 5.97 Å². The van der Waals surface area contributed by atoms with Crippen molar-refractivity contribution in [3.05, 3.63) is 68.4 Å². The molecule has 1 aliphatic carbocycles. The molecule has 4 aliphatic heterocycles. The van der Waals surface area contributed by atoms with Gasteiger partial charge < -0.3 is 29.4 Å². The number of fused-ring (bicyclic) bond motifs is 3. The molecule has 2 aromatic carbocycles. The number of piperidine rings is 1. The number of carbonyl (C=O) groups excluding carboxylic acids is 3. The van der Waals surface area contributed by atoms with E-state index in [1.165, 1.54) is 0 Å². The second-order valence-corrected chi connectivity index (χ2v) is 13.1. The molecule has 0 radical (unpaired) electrons. The van der Waals surface area contributed by atoms with Gasteiger partial charge in [-0.1, -0.05) is 17.7 Å². The Balaban J connectivity index is 1.36. The second-order valence-electron chi connectivity index (χ2n) is 13.1. The van der Waals surface area contributed by atoms with E-state index in [2.05, 4.69) is 10.3 Å². The summed E-state index contributed by atoms with van der Waals surface area (Å²) < 4.78 is 24.0. The second kappa shape index (κ2) is 12.4. The molecule has 2 N–H and O–H groups in total. The molecule has 4 heterocycles. The number of hydrogen-bond donors (Lipinski definition) is 2. The number of esters is 1. The number of benzene rings is 2. The summed E-state index contributed by atoms with van der Waals surface area (Å²) >= 11 is 0. The summed E-state index contributed by atoms with van der Waals surface area (Å²) in [7, 11) is 1.56. The minimum atomic E-state index is -1.10. The minimum Gasteiger partial charge on any atom is -0.496 e. The summed E-state index contributed by atoms with van der Waals surface area (Å²) in [5, 5.41) is 17.1. The van der Waals surface area contributed by atoms with Crippen molar-refractivity contribution in [2.75, 3.05) is 33.4 Å². The Hall–Kier alpha value is -4.28. The normalized spacial score (nSPS) is 24.9. The van der Waals surface area contributed by atoms with E-state index in [1.807, 2.05) is 31.2 Å². The number of aldehydes is 1. The highest BCUT2D eigenvalue weighted by molar-refractivity contribution is 6.10. The summed E-state index contributed by atoms with van der Waals surface area (Å²) in [6.07, 6.45) is 5.26. The van der Waals surface area contributed by atoms with Gasteiger partial charge in [0.05, 0.1) is 36.8 Å². The number of carbonyl (C=O) groups is 3. The van der Waals surface area contributed by atoms with Gasteiger partial charge in [-0.25, -0.2) is 4.79 Å². The molecule has 2 fully saturated rings. The Morgan fingerprint density at radius 2 is 1.98 bits per heavy atom. The fourth-order valence-corrected chi connectivity index (χ4v) is 7.89. The van der Waals surface area contributed by atoms with Gasteiger partial charge in [-0.3, -0.25) is 14.6 Å². The standard InChI is InChI=1S/C37H40N2O8/c1-4-45-36(42)35-26(19-40)32(22-6-8-28(41)24(16-22)20-5-7-27-21(15-20)9-14-39-27)33-30(47-35)18-29-25(34(33)44-3)17-31(46-29)37(2,43)23-10-12-38-13-11-23/h5,7,9,15,18-19,23-24,31,38,43H,4,6,8,10-14,16-17H2,1-3H3/b32-22-/t24-,31+,37-/m1/s1. The molecule has 10 heteroatoms. The molecule has 47 heavy (non-hydrogen) atoms. The third kappa shape index (κ3) is 5.37. The lowest BCUT2D eigenvalue weighted by Gasteiger charge is -2.39. The maximum Gasteiger partial charge on any atom is 0.375 e. The number of nitrogens with zero attached hydrogens (tertiary/aromatic N) is 1. The first-order valence-corrected chi connectivity index (χ1v) is 16.5. The molecule has 0 spiro atoms. The number of aliphatic hydroxyl groups is 1. The van der Waals surface area contributed by atoms with E-state index in [0.29, 0.717) is 60.5 Å². The predicted octanol–water partition coefficient (Wildman–Crippen LogP) is 2.86. The number of rotatable bonds is 7. The zero-order chi connectivity index (χ0) is 32.9. The maximum atomic E-state index is 13.4.